The molecule has 1 heterocycles. The Labute approximate surface area is 202 Å². The fraction of sp³-hybridized carbons (Fsp3) is 0.381. The Balaban J connectivity index is 1.62. The molecule has 0 aliphatic carbocycles. The monoisotopic (exact) mass is 518 g/mol. The summed E-state index contributed by atoms with van der Waals surface area (Å²) in [5, 5.41) is 1.17. The van der Waals surface area contributed by atoms with Gasteiger partial charge in [-0.05, 0) is 35.9 Å². The lowest BCUT2D eigenvalue weighted by Crippen LogP contribution is -2.40. The molecule has 0 radical (unpaired) electrons. The number of nitrogens with zero attached hydrogens (tertiary/aromatic N) is 1. The lowest BCUT2D eigenvalue weighted by Gasteiger charge is -2.27. The van der Waals surface area contributed by atoms with Gasteiger partial charge in [0, 0.05) is 41.2 Å². The Bertz CT molecular complexity index is 1040. The van der Waals surface area contributed by atoms with Gasteiger partial charge in [0.2, 0.25) is 10.0 Å². The normalized spacial score (nSPS) is 14.4. The molecule has 1 saturated heterocycles. The molecule has 0 unspecified atom stereocenters. The predicted octanol–water partition coefficient (Wildman–Crippen LogP) is 3.69. The van der Waals surface area contributed by atoms with Crippen molar-refractivity contribution in [2.24, 2.45) is 0 Å². The van der Waals surface area contributed by atoms with Crippen LogP contribution in [0.3, 0.4) is 0 Å². The largest absolute Gasteiger partial charge is 0.496 e. The van der Waals surface area contributed by atoms with E-state index < -0.39 is 10.0 Å². The van der Waals surface area contributed by atoms with Gasteiger partial charge in [-0.25, -0.2) is 13.1 Å². The molecule has 11 heteroatoms. The van der Waals surface area contributed by atoms with E-state index in [-0.39, 0.29) is 22.9 Å². The van der Waals surface area contributed by atoms with Crippen molar-refractivity contribution >= 4 is 50.9 Å². The van der Waals surface area contributed by atoms with Crippen LogP contribution in [0.15, 0.2) is 41.3 Å². The predicted molar refractivity (Wildman–Crippen MR) is 128 cm³/mol. The summed E-state index contributed by atoms with van der Waals surface area (Å²) >= 11 is 13.8. The highest BCUT2D eigenvalue weighted by Crippen LogP contribution is 2.28. The third-order valence-electron chi connectivity index (χ3n) is 4.86. The van der Waals surface area contributed by atoms with Gasteiger partial charge in [-0.15, -0.1) is 0 Å². The van der Waals surface area contributed by atoms with E-state index in [0.29, 0.717) is 53.6 Å². The molecule has 1 aliphatic rings. The van der Waals surface area contributed by atoms with Gasteiger partial charge in [-0.2, -0.15) is 11.8 Å². The third-order valence-corrected chi connectivity index (χ3v) is 8.01. The molecule has 0 bridgehead atoms. The zero-order chi connectivity index (χ0) is 23.1. The maximum absolute atomic E-state index is 12.9. The van der Waals surface area contributed by atoms with Gasteiger partial charge in [0.1, 0.15) is 5.75 Å². The van der Waals surface area contributed by atoms with Crippen molar-refractivity contribution in [3.63, 3.8) is 0 Å². The van der Waals surface area contributed by atoms with Crippen LogP contribution in [0.2, 0.25) is 10.0 Å². The maximum Gasteiger partial charge on any atom is 0.257 e. The fourth-order valence-electron chi connectivity index (χ4n) is 3.13. The van der Waals surface area contributed by atoms with Gasteiger partial charge in [0.15, 0.2) is 0 Å². The van der Waals surface area contributed by atoms with Crippen molar-refractivity contribution in [3.8, 4) is 5.75 Å². The van der Waals surface area contributed by atoms with Crippen LogP contribution >= 0.6 is 35.0 Å². The molecule has 174 valence electrons. The van der Waals surface area contributed by atoms with E-state index in [9.17, 15) is 13.2 Å². The van der Waals surface area contributed by atoms with Crippen LogP contribution < -0.4 is 9.46 Å². The van der Waals surface area contributed by atoms with Crippen molar-refractivity contribution in [1.82, 2.24) is 9.62 Å². The molecule has 0 saturated carbocycles. The molecular weight excluding hydrogens is 495 g/mol. The molecule has 7 nitrogen and oxygen atoms in total. The van der Waals surface area contributed by atoms with Crippen LogP contribution in [0.5, 0.6) is 5.75 Å². The zero-order valence-corrected chi connectivity index (χ0v) is 20.6. The number of sulfonamides is 1. The second kappa shape index (κ2) is 11.6. The molecule has 1 fully saturated rings. The molecular formula is C21H24Cl2N2O5S2. The van der Waals surface area contributed by atoms with Crippen LogP contribution in [-0.4, -0.2) is 64.9 Å². The van der Waals surface area contributed by atoms with E-state index in [2.05, 4.69) is 4.72 Å². The SMILES string of the molecule is COc1ccc(S(=O)(=O)NCCSCc2c(Cl)cccc2Cl)cc1C(=O)N1CCOCC1. The Morgan fingerprint density at radius 3 is 2.53 bits per heavy atom. The van der Waals surface area contributed by atoms with E-state index in [1.165, 1.54) is 37.1 Å². The molecule has 0 atom stereocenters. The van der Waals surface area contributed by atoms with Gasteiger partial charge < -0.3 is 14.4 Å². The average Bonchev–Trinajstić information content (AvgIpc) is 2.80. The molecule has 0 aromatic heterocycles. The highest BCUT2D eigenvalue weighted by Gasteiger charge is 2.24. The van der Waals surface area contributed by atoms with Gasteiger partial charge in [-0.3, -0.25) is 4.79 Å². The summed E-state index contributed by atoms with van der Waals surface area (Å²) in [6.45, 7) is 2.01. The molecule has 1 N–H and O–H groups in total. The van der Waals surface area contributed by atoms with E-state index in [0.717, 1.165) is 5.56 Å². The number of thioether (sulfide) groups is 1. The minimum absolute atomic E-state index is 0.00839. The minimum Gasteiger partial charge on any atom is -0.496 e. The molecule has 2 aromatic rings. The van der Waals surface area contributed by atoms with Gasteiger partial charge in [-0.1, -0.05) is 29.3 Å². The van der Waals surface area contributed by atoms with E-state index in [1.807, 2.05) is 0 Å². The number of hydrogen-bond donors (Lipinski definition) is 1. The Hall–Kier alpha value is -1.49. The molecule has 0 spiro atoms. The lowest BCUT2D eigenvalue weighted by molar-refractivity contribution is 0.0300. The van der Waals surface area contributed by atoms with Crippen LogP contribution in [0.25, 0.3) is 0 Å². The fourth-order valence-corrected chi connectivity index (χ4v) is 5.92. The first-order valence-corrected chi connectivity index (χ1v) is 13.3. The smallest absolute Gasteiger partial charge is 0.257 e. The summed E-state index contributed by atoms with van der Waals surface area (Å²) in [5.74, 6) is 1.14. The second-order valence-electron chi connectivity index (χ2n) is 6.92. The standard InChI is InChI=1S/C21H24Cl2N2O5S2/c1-29-20-6-5-15(13-16(20)21(26)25-8-10-30-11-9-25)32(27,28)24-7-12-31-14-17-18(22)3-2-4-19(17)23/h2-6,13,24H,7-12,14H2,1H3. The number of carbonyl (C=O) groups is 1. The van der Waals surface area contributed by atoms with Crippen LogP contribution in [0.1, 0.15) is 15.9 Å². The third kappa shape index (κ3) is 6.30. The topological polar surface area (TPSA) is 84.9 Å². The van der Waals surface area contributed by atoms with Gasteiger partial charge in [0.25, 0.3) is 5.91 Å². The molecule has 32 heavy (non-hydrogen) atoms. The highest BCUT2D eigenvalue weighted by atomic mass is 35.5. The maximum atomic E-state index is 12.9. The van der Waals surface area contributed by atoms with Crippen molar-refractivity contribution < 1.29 is 22.7 Å². The van der Waals surface area contributed by atoms with Crippen molar-refractivity contribution in [2.45, 2.75) is 10.6 Å². The van der Waals surface area contributed by atoms with Crippen LogP contribution in [-0.2, 0) is 20.5 Å². The highest BCUT2D eigenvalue weighted by molar-refractivity contribution is 7.98. The number of halogens is 2. The second-order valence-corrected chi connectivity index (χ2v) is 10.6. The number of hydrogen-bond acceptors (Lipinski definition) is 6. The first-order chi connectivity index (χ1) is 15.3. The van der Waals surface area contributed by atoms with Crippen molar-refractivity contribution in [3.05, 3.63) is 57.6 Å². The molecule has 1 aliphatic heterocycles. The summed E-state index contributed by atoms with van der Waals surface area (Å²) in [5.41, 5.74) is 1.03. The minimum atomic E-state index is -3.80. The van der Waals surface area contributed by atoms with Crippen LogP contribution in [0, 0.1) is 0 Å². The number of morpholine rings is 1. The van der Waals surface area contributed by atoms with E-state index in [4.69, 9.17) is 32.7 Å². The van der Waals surface area contributed by atoms with Gasteiger partial charge >= 0.3 is 0 Å². The number of carbonyl (C=O) groups excluding carboxylic acids is 1. The number of amides is 1. The number of methoxy groups -OCH3 is 1. The average molecular weight is 519 g/mol. The Kier molecular flexibility index (Phi) is 9.10. The molecule has 1 amide bonds. The quantitative estimate of drug-likeness (QED) is 0.509. The summed E-state index contributed by atoms with van der Waals surface area (Å²) in [4.78, 5) is 14.5. The van der Waals surface area contributed by atoms with Gasteiger partial charge in [0.05, 0.1) is 30.8 Å². The first-order valence-electron chi connectivity index (χ1n) is 9.89. The number of benzene rings is 2. The first kappa shape index (κ1) is 25.1. The number of ether oxygens (including phenoxy) is 2. The van der Waals surface area contributed by atoms with Crippen molar-refractivity contribution in [2.75, 3.05) is 45.7 Å². The zero-order valence-electron chi connectivity index (χ0n) is 17.5. The summed E-state index contributed by atoms with van der Waals surface area (Å²) in [6.07, 6.45) is 0. The van der Waals surface area contributed by atoms with E-state index in [1.54, 1.807) is 23.1 Å². The summed E-state index contributed by atoms with van der Waals surface area (Å²) < 4.78 is 38.7. The summed E-state index contributed by atoms with van der Waals surface area (Å²) in [6, 6.07) is 9.59. The molecule has 3 rings (SSSR count). The number of nitrogens with one attached hydrogen (secondary N) is 1. The summed E-state index contributed by atoms with van der Waals surface area (Å²) in [7, 11) is -2.36. The Morgan fingerprint density at radius 1 is 1.19 bits per heavy atom. The number of rotatable bonds is 9. The van der Waals surface area contributed by atoms with Crippen molar-refractivity contribution in [1.29, 1.82) is 0 Å². The molecule has 2 aromatic carbocycles. The lowest BCUT2D eigenvalue weighted by atomic mass is 10.1. The Morgan fingerprint density at radius 2 is 1.88 bits per heavy atom. The van der Waals surface area contributed by atoms with E-state index >= 15 is 0 Å². The van der Waals surface area contributed by atoms with Crippen LogP contribution in [0.4, 0.5) is 0 Å².